The van der Waals surface area contributed by atoms with Crippen LogP contribution >= 0.6 is 0 Å². The van der Waals surface area contributed by atoms with E-state index in [0.717, 1.165) is 19.3 Å². The first-order chi connectivity index (χ1) is 9.63. The van der Waals surface area contributed by atoms with Crippen molar-refractivity contribution in [3.63, 3.8) is 0 Å². The number of unbranched alkanes of at least 4 members (excludes halogenated alkanes) is 7. The molecule has 0 saturated heterocycles. The summed E-state index contributed by atoms with van der Waals surface area (Å²) < 4.78 is 5.46. The third-order valence-electron chi connectivity index (χ3n) is 3.97. The van der Waals surface area contributed by atoms with Crippen molar-refractivity contribution in [2.45, 2.75) is 91.9 Å². The topological polar surface area (TPSA) is 26.3 Å². The largest absolute Gasteiger partial charge is 0.465 e. The molecule has 20 heavy (non-hydrogen) atoms. The van der Waals surface area contributed by atoms with Gasteiger partial charge in [0.05, 0.1) is 12.5 Å². The van der Waals surface area contributed by atoms with Gasteiger partial charge in [-0.05, 0) is 18.8 Å². The molecule has 1 unspecified atom stereocenters. The Kier molecular flexibility index (Phi) is 13.1. The molecule has 120 valence electrons. The normalized spacial score (nSPS) is 12.7. The molecule has 0 amide bonds. The average Bonchev–Trinajstić information content (AvgIpc) is 2.42. The Morgan fingerprint density at radius 3 is 1.95 bits per heavy atom. The van der Waals surface area contributed by atoms with Crippen molar-refractivity contribution in [1.82, 2.24) is 0 Å². The van der Waals surface area contributed by atoms with Crippen molar-refractivity contribution in [3.8, 4) is 0 Å². The van der Waals surface area contributed by atoms with E-state index in [2.05, 4.69) is 27.7 Å². The number of carbonyl (C=O) groups is 1. The number of hydrogen-bond acceptors (Lipinski definition) is 2. The van der Waals surface area contributed by atoms with Gasteiger partial charge in [0.15, 0.2) is 0 Å². The number of esters is 1. The first kappa shape index (κ1) is 19.5. The summed E-state index contributed by atoms with van der Waals surface area (Å²) in [6, 6.07) is 0. The molecule has 0 heterocycles. The summed E-state index contributed by atoms with van der Waals surface area (Å²) in [6.07, 6.45) is 11.9. The van der Waals surface area contributed by atoms with Crippen LogP contribution in [0.2, 0.25) is 0 Å². The third kappa shape index (κ3) is 10.3. The fraction of sp³-hybridized carbons (Fsp3) is 0.944. The van der Waals surface area contributed by atoms with Gasteiger partial charge in [-0.2, -0.15) is 0 Å². The van der Waals surface area contributed by atoms with Crippen LogP contribution in [0.15, 0.2) is 0 Å². The quantitative estimate of drug-likeness (QED) is 0.318. The molecular formula is C18H36O2. The van der Waals surface area contributed by atoms with Gasteiger partial charge < -0.3 is 4.74 Å². The molecule has 2 nitrogen and oxygen atoms in total. The Balaban J connectivity index is 3.80. The van der Waals surface area contributed by atoms with Crippen LogP contribution in [0.4, 0.5) is 0 Å². The van der Waals surface area contributed by atoms with Crippen molar-refractivity contribution in [2.24, 2.45) is 11.8 Å². The van der Waals surface area contributed by atoms with Gasteiger partial charge in [-0.25, -0.2) is 0 Å². The van der Waals surface area contributed by atoms with Crippen LogP contribution < -0.4 is 0 Å². The van der Waals surface area contributed by atoms with Gasteiger partial charge in [0.2, 0.25) is 0 Å². The van der Waals surface area contributed by atoms with Crippen molar-refractivity contribution in [2.75, 3.05) is 6.61 Å². The molecule has 0 aromatic heterocycles. The highest BCUT2D eigenvalue weighted by Gasteiger charge is 2.22. The van der Waals surface area contributed by atoms with Gasteiger partial charge in [-0.15, -0.1) is 0 Å². The maximum Gasteiger partial charge on any atom is 0.309 e. The molecule has 0 aliphatic carbocycles. The SMILES string of the molecule is CCCCCCCOC(=O)C(CCCCCC)C(C)C. The van der Waals surface area contributed by atoms with Gasteiger partial charge in [0.1, 0.15) is 0 Å². The van der Waals surface area contributed by atoms with Gasteiger partial charge in [0, 0.05) is 0 Å². The van der Waals surface area contributed by atoms with Gasteiger partial charge >= 0.3 is 5.97 Å². The predicted octanol–water partition coefficient (Wildman–Crippen LogP) is 5.74. The second-order valence-electron chi connectivity index (χ2n) is 6.28. The zero-order chi connectivity index (χ0) is 15.2. The lowest BCUT2D eigenvalue weighted by atomic mass is 9.90. The first-order valence-corrected chi connectivity index (χ1v) is 8.80. The Bertz CT molecular complexity index is 223. The second-order valence-corrected chi connectivity index (χ2v) is 6.28. The van der Waals surface area contributed by atoms with Crippen LogP contribution in [0, 0.1) is 11.8 Å². The van der Waals surface area contributed by atoms with Crippen LogP contribution in [0.5, 0.6) is 0 Å². The molecular weight excluding hydrogens is 248 g/mol. The van der Waals surface area contributed by atoms with Crippen LogP contribution in [0.3, 0.4) is 0 Å². The fourth-order valence-corrected chi connectivity index (χ4v) is 2.50. The zero-order valence-electron chi connectivity index (χ0n) is 14.2. The van der Waals surface area contributed by atoms with Crippen molar-refractivity contribution in [3.05, 3.63) is 0 Å². The van der Waals surface area contributed by atoms with Crippen molar-refractivity contribution >= 4 is 5.97 Å². The molecule has 0 saturated carbocycles. The minimum absolute atomic E-state index is 0.0342. The lowest BCUT2D eigenvalue weighted by Gasteiger charge is -2.19. The molecule has 0 rings (SSSR count). The highest BCUT2D eigenvalue weighted by Crippen LogP contribution is 2.21. The molecule has 0 aliphatic rings. The van der Waals surface area contributed by atoms with E-state index in [1.54, 1.807) is 0 Å². The molecule has 2 heteroatoms. The number of hydrogen-bond donors (Lipinski definition) is 0. The van der Waals surface area contributed by atoms with E-state index in [9.17, 15) is 4.79 Å². The Morgan fingerprint density at radius 2 is 1.40 bits per heavy atom. The monoisotopic (exact) mass is 284 g/mol. The van der Waals surface area contributed by atoms with Crippen molar-refractivity contribution in [1.29, 1.82) is 0 Å². The maximum atomic E-state index is 12.1. The van der Waals surface area contributed by atoms with Crippen molar-refractivity contribution < 1.29 is 9.53 Å². The molecule has 0 N–H and O–H groups in total. The van der Waals surface area contributed by atoms with E-state index in [1.165, 1.54) is 44.9 Å². The first-order valence-electron chi connectivity index (χ1n) is 8.80. The summed E-state index contributed by atoms with van der Waals surface area (Å²) in [5, 5.41) is 0. The second kappa shape index (κ2) is 13.5. The van der Waals surface area contributed by atoms with Gasteiger partial charge in [0.25, 0.3) is 0 Å². The van der Waals surface area contributed by atoms with Crippen LogP contribution in [-0.4, -0.2) is 12.6 Å². The third-order valence-corrected chi connectivity index (χ3v) is 3.97. The fourth-order valence-electron chi connectivity index (χ4n) is 2.50. The Labute approximate surface area is 126 Å². The van der Waals surface area contributed by atoms with E-state index in [-0.39, 0.29) is 11.9 Å². The summed E-state index contributed by atoms with van der Waals surface area (Å²) in [6.45, 7) is 9.30. The van der Waals surface area contributed by atoms with E-state index in [4.69, 9.17) is 4.74 Å². The highest BCUT2D eigenvalue weighted by molar-refractivity contribution is 5.72. The summed E-state index contributed by atoms with van der Waals surface area (Å²) in [5.74, 6) is 0.527. The van der Waals surface area contributed by atoms with E-state index in [1.807, 2.05) is 0 Å². The van der Waals surface area contributed by atoms with Gasteiger partial charge in [-0.1, -0.05) is 79.1 Å². The Morgan fingerprint density at radius 1 is 0.850 bits per heavy atom. The standard InChI is InChI=1S/C18H36O2/c1-5-7-9-11-13-15-20-18(19)17(16(3)4)14-12-10-8-6-2/h16-17H,5-15H2,1-4H3. The van der Waals surface area contributed by atoms with Gasteiger partial charge in [-0.3, -0.25) is 4.79 Å². The summed E-state index contributed by atoms with van der Waals surface area (Å²) >= 11 is 0. The Hall–Kier alpha value is -0.530. The summed E-state index contributed by atoms with van der Waals surface area (Å²) in [5.41, 5.74) is 0. The number of rotatable bonds is 13. The minimum atomic E-state index is 0.0342. The molecule has 1 atom stereocenters. The molecule has 0 spiro atoms. The lowest BCUT2D eigenvalue weighted by Crippen LogP contribution is -2.23. The van der Waals surface area contributed by atoms with Crippen LogP contribution in [-0.2, 0) is 9.53 Å². The van der Waals surface area contributed by atoms with Crippen LogP contribution in [0.25, 0.3) is 0 Å². The van der Waals surface area contributed by atoms with E-state index in [0.29, 0.717) is 12.5 Å². The lowest BCUT2D eigenvalue weighted by molar-refractivity contribution is -0.150. The maximum absolute atomic E-state index is 12.1. The zero-order valence-corrected chi connectivity index (χ0v) is 14.2. The molecule has 0 bridgehead atoms. The summed E-state index contributed by atoms with van der Waals surface area (Å²) in [4.78, 5) is 12.1. The molecule has 0 aromatic rings. The number of carbonyl (C=O) groups excluding carboxylic acids is 1. The van der Waals surface area contributed by atoms with E-state index < -0.39 is 0 Å². The van der Waals surface area contributed by atoms with Crippen LogP contribution in [0.1, 0.15) is 91.9 Å². The predicted molar refractivity (Wildman–Crippen MR) is 86.8 cm³/mol. The molecule has 0 aromatic carbocycles. The molecule has 0 radical (unpaired) electrons. The average molecular weight is 284 g/mol. The minimum Gasteiger partial charge on any atom is -0.465 e. The highest BCUT2D eigenvalue weighted by atomic mass is 16.5. The summed E-state index contributed by atoms with van der Waals surface area (Å²) in [7, 11) is 0. The smallest absolute Gasteiger partial charge is 0.309 e. The molecule has 0 fully saturated rings. The van der Waals surface area contributed by atoms with E-state index >= 15 is 0 Å². The number of ether oxygens (including phenoxy) is 1. The molecule has 0 aliphatic heterocycles.